The van der Waals surface area contributed by atoms with Crippen molar-refractivity contribution in [3.63, 3.8) is 0 Å². The zero-order valence-corrected chi connectivity index (χ0v) is 18.0. The van der Waals surface area contributed by atoms with E-state index in [1.165, 1.54) is 0 Å². The van der Waals surface area contributed by atoms with Crippen LogP contribution in [-0.4, -0.2) is 54.8 Å². The Morgan fingerprint density at radius 1 is 1.10 bits per heavy atom. The Labute approximate surface area is 172 Å². The molecule has 7 nitrogen and oxygen atoms in total. The van der Waals surface area contributed by atoms with Gasteiger partial charge in [-0.25, -0.2) is 4.98 Å². The highest BCUT2D eigenvalue weighted by molar-refractivity contribution is 5.95. The average molecular weight is 402 g/mol. The van der Waals surface area contributed by atoms with Crippen LogP contribution in [0.1, 0.15) is 48.8 Å². The molecule has 2 aromatic rings. The number of hydrogen-bond donors (Lipinski definition) is 0. The Bertz CT molecular complexity index is 813. The monoisotopic (exact) mass is 401 g/mol. The van der Waals surface area contributed by atoms with E-state index in [4.69, 9.17) is 14.2 Å². The maximum Gasteiger partial charge on any atom is 0.254 e. The summed E-state index contributed by atoms with van der Waals surface area (Å²) in [6.07, 6.45) is 5.89. The summed E-state index contributed by atoms with van der Waals surface area (Å²) in [5, 5.41) is 0. The van der Waals surface area contributed by atoms with E-state index < -0.39 is 0 Å². The first-order chi connectivity index (χ1) is 14.0. The van der Waals surface area contributed by atoms with Crippen LogP contribution in [0.2, 0.25) is 0 Å². The van der Waals surface area contributed by atoms with Crippen LogP contribution in [0.15, 0.2) is 24.5 Å². The highest BCUT2D eigenvalue weighted by atomic mass is 16.5. The van der Waals surface area contributed by atoms with Crippen molar-refractivity contribution >= 4 is 5.91 Å². The lowest BCUT2D eigenvalue weighted by Gasteiger charge is -2.32. The second kappa shape index (κ2) is 9.20. The number of carbonyl (C=O) groups is 1. The van der Waals surface area contributed by atoms with Crippen LogP contribution in [0.3, 0.4) is 0 Å². The Morgan fingerprint density at radius 3 is 2.24 bits per heavy atom. The van der Waals surface area contributed by atoms with Gasteiger partial charge >= 0.3 is 0 Å². The molecule has 1 aromatic heterocycles. The fourth-order valence-electron chi connectivity index (χ4n) is 3.96. The third-order valence-corrected chi connectivity index (χ3v) is 5.53. The van der Waals surface area contributed by atoms with Crippen molar-refractivity contribution in [3.8, 4) is 17.2 Å². The molecule has 1 aromatic carbocycles. The number of nitrogens with zero attached hydrogens (tertiary/aromatic N) is 3. The van der Waals surface area contributed by atoms with E-state index in [0.29, 0.717) is 34.6 Å². The number of benzene rings is 1. The third-order valence-electron chi connectivity index (χ3n) is 5.53. The van der Waals surface area contributed by atoms with Crippen molar-refractivity contribution in [1.29, 1.82) is 0 Å². The van der Waals surface area contributed by atoms with E-state index in [9.17, 15) is 4.79 Å². The van der Waals surface area contributed by atoms with Crippen molar-refractivity contribution in [2.75, 3.05) is 34.4 Å². The molecule has 0 unspecified atom stereocenters. The quantitative estimate of drug-likeness (QED) is 0.709. The molecular formula is C22H31N3O4. The zero-order chi connectivity index (χ0) is 21.0. The number of hydrogen-bond acceptors (Lipinski definition) is 5. The molecule has 0 atom stereocenters. The minimum Gasteiger partial charge on any atom is -0.493 e. The van der Waals surface area contributed by atoms with Gasteiger partial charge in [0, 0.05) is 43.5 Å². The summed E-state index contributed by atoms with van der Waals surface area (Å²) in [6, 6.07) is 3.44. The first-order valence-corrected chi connectivity index (χ1v) is 10.1. The SMILES string of the molecule is COc1cc(C(=O)N2CCC(Cn3ccnc3C(C)C)CC2)cc(OC)c1OC. The highest BCUT2D eigenvalue weighted by Gasteiger charge is 2.26. The number of methoxy groups -OCH3 is 3. The number of ether oxygens (including phenoxy) is 3. The first-order valence-electron chi connectivity index (χ1n) is 10.1. The van der Waals surface area contributed by atoms with Crippen LogP contribution in [0, 0.1) is 5.92 Å². The molecule has 0 bridgehead atoms. The molecule has 0 radical (unpaired) electrons. The van der Waals surface area contributed by atoms with Crippen LogP contribution < -0.4 is 14.2 Å². The number of imidazole rings is 1. The largest absolute Gasteiger partial charge is 0.493 e. The van der Waals surface area contributed by atoms with Crippen molar-refractivity contribution in [3.05, 3.63) is 35.9 Å². The molecule has 1 amide bonds. The van der Waals surface area contributed by atoms with Gasteiger partial charge in [-0.15, -0.1) is 0 Å². The van der Waals surface area contributed by atoms with Crippen molar-refractivity contribution < 1.29 is 19.0 Å². The lowest BCUT2D eigenvalue weighted by atomic mass is 9.96. The number of amides is 1. The summed E-state index contributed by atoms with van der Waals surface area (Å²) in [5.41, 5.74) is 0.551. The molecule has 158 valence electrons. The van der Waals surface area contributed by atoms with E-state index in [1.807, 2.05) is 11.1 Å². The minimum atomic E-state index is -0.00629. The first kappa shape index (κ1) is 21.0. The van der Waals surface area contributed by atoms with Gasteiger partial charge < -0.3 is 23.7 Å². The minimum absolute atomic E-state index is 0.00629. The van der Waals surface area contributed by atoms with E-state index in [1.54, 1.807) is 33.5 Å². The fourth-order valence-corrected chi connectivity index (χ4v) is 3.96. The van der Waals surface area contributed by atoms with Crippen LogP contribution in [-0.2, 0) is 6.54 Å². The van der Waals surface area contributed by atoms with Gasteiger partial charge in [-0.05, 0) is 30.9 Å². The van der Waals surface area contributed by atoms with Gasteiger partial charge in [-0.2, -0.15) is 0 Å². The summed E-state index contributed by atoms with van der Waals surface area (Å²) in [6.45, 7) is 6.77. The van der Waals surface area contributed by atoms with Crippen molar-refractivity contribution in [2.24, 2.45) is 5.92 Å². The maximum atomic E-state index is 13.1. The molecule has 1 saturated heterocycles. The highest BCUT2D eigenvalue weighted by Crippen LogP contribution is 2.38. The summed E-state index contributed by atoms with van der Waals surface area (Å²) >= 11 is 0. The lowest BCUT2D eigenvalue weighted by Crippen LogP contribution is -2.39. The van der Waals surface area contributed by atoms with Crippen LogP contribution >= 0.6 is 0 Å². The van der Waals surface area contributed by atoms with Crippen LogP contribution in [0.4, 0.5) is 0 Å². The predicted octanol–water partition coefficient (Wildman–Crippen LogP) is 3.58. The standard InChI is InChI=1S/C22H31N3O4/c1-15(2)21-23-8-11-25(21)14-16-6-9-24(10-7-16)22(26)17-12-18(27-3)20(29-5)19(13-17)28-4/h8,11-13,15-16H,6-7,9-10,14H2,1-5H3. The van der Waals surface area contributed by atoms with Gasteiger partial charge in [0.25, 0.3) is 5.91 Å². The zero-order valence-electron chi connectivity index (χ0n) is 18.0. The lowest BCUT2D eigenvalue weighted by molar-refractivity contribution is 0.0681. The molecular weight excluding hydrogens is 370 g/mol. The number of aromatic nitrogens is 2. The molecule has 0 N–H and O–H groups in total. The van der Waals surface area contributed by atoms with Gasteiger partial charge in [0.05, 0.1) is 21.3 Å². The molecule has 0 saturated carbocycles. The Balaban J connectivity index is 1.66. The number of carbonyl (C=O) groups excluding carboxylic acids is 1. The summed E-state index contributed by atoms with van der Waals surface area (Å²) in [4.78, 5) is 19.4. The number of likely N-dealkylation sites (tertiary alicyclic amines) is 1. The topological polar surface area (TPSA) is 65.8 Å². The third kappa shape index (κ3) is 4.49. The van der Waals surface area contributed by atoms with Crippen LogP contribution in [0.25, 0.3) is 0 Å². The van der Waals surface area contributed by atoms with Gasteiger partial charge in [0.1, 0.15) is 5.82 Å². The van der Waals surface area contributed by atoms with E-state index in [2.05, 4.69) is 29.6 Å². The fraction of sp³-hybridized carbons (Fsp3) is 0.545. The predicted molar refractivity (Wildman–Crippen MR) is 111 cm³/mol. The van der Waals surface area contributed by atoms with Gasteiger partial charge in [0.2, 0.25) is 5.75 Å². The summed E-state index contributed by atoms with van der Waals surface area (Å²) in [5.74, 6) is 3.55. The van der Waals surface area contributed by atoms with E-state index in [-0.39, 0.29) is 5.91 Å². The second-order valence-electron chi connectivity index (χ2n) is 7.74. The molecule has 1 aliphatic rings. The Morgan fingerprint density at radius 2 is 1.72 bits per heavy atom. The second-order valence-corrected chi connectivity index (χ2v) is 7.74. The molecule has 3 rings (SSSR count). The molecule has 0 spiro atoms. The maximum absolute atomic E-state index is 13.1. The smallest absolute Gasteiger partial charge is 0.254 e. The van der Waals surface area contributed by atoms with E-state index >= 15 is 0 Å². The van der Waals surface area contributed by atoms with Gasteiger partial charge in [0.15, 0.2) is 11.5 Å². The average Bonchev–Trinajstić information content (AvgIpc) is 3.21. The summed E-state index contributed by atoms with van der Waals surface area (Å²) in [7, 11) is 4.66. The number of piperidine rings is 1. The summed E-state index contributed by atoms with van der Waals surface area (Å²) < 4.78 is 18.4. The molecule has 2 heterocycles. The van der Waals surface area contributed by atoms with Crippen molar-refractivity contribution in [2.45, 2.75) is 39.2 Å². The van der Waals surface area contributed by atoms with Crippen molar-refractivity contribution in [1.82, 2.24) is 14.5 Å². The molecule has 1 fully saturated rings. The molecule has 7 heteroatoms. The van der Waals surface area contributed by atoms with Gasteiger partial charge in [-0.1, -0.05) is 13.8 Å². The van der Waals surface area contributed by atoms with E-state index in [0.717, 1.165) is 38.3 Å². The molecule has 1 aliphatic heterocycles. The Hall–Kier alpha value is -2.70. The molecule has 0 aliphatic carbocycles. The van der Waals surface area contributed by atoms with Gasteiger partial charge in [-0.3, -0.25) is 4.79 Å². The number of rotatable bonds is 7. The normalized spacial score (nSPS) is 14.9. The van der Waals surface area contributed by atoms with Crippen LogP contribution in [0.5, 0.6) is 17.2 Å². The Kier molecular flexibility index (Phi) is 6.67. The molecule has 29 heavy (non-hydrogen) atoms.